The number of fused-ring (bicyclic) bond motifs is 1. The molecule has 1 heterocycles. The Bertz CT molecular complexity index is 615. The van der Waals surface area contributed by atoms with Gasteiger partial charge in [0, 0.05) is 24.8 Å². The van der Waals surface area contributed by atoms with E-state index < -0.39 is 0 Å². The Morgan fingerprint density at radius 2 is 2.05 bits per heavy atom. The van der Waals surface area contributed by atoms with Crippen molar-refractivity contribution in [2.24, 2.45) is 0 Å². The highest BCUT2D eigenvalue weighted by Crippen LogP contribution is 2.37. The molecule has 0 spiro atoms. The van der Waals surface area contributed by atoms with Crippen LogP contribution in [0.5, 0.6) is 0 Å². The number of anilines is 2. The van der Waals surface area contributed by atoms with Crippen molar-refractivity contribution in [3.8, 4) is 0 Å². The van der Waals surface area contributed by atoms with Gasteiger partial charge in [-0.1, -0.05) is 0 Å². The van der Waals surface area contributed by atoms with Crippen molar-refractivity contribution in [3.05, 3.63) is 18.2 Å². The Hall–Kier alpha value is -1.75. The van der Waals surface area contributed by atoms with Crippen molar-refractivity contribution in [1.29, 1.82) is 0 Å². The topological polar surface area (TPSA) is 58.5 Å². The van der Waals surface area contributed by atoms with Crippen LogP contribution in [0.1, 0.15) is 19.3 Å². The second-order valence-corrected chi connectivity index (χ2v) is 6.05. The van der Waals surface area contributed by atoms with E-state index in [0.29, 0.717) is 11.7 Å². The molecule has 2 N–H and O–H groups in total. The van der Waals surface area contributed by atoms with Crippen molar-refractivity contribution in [3.63, 3.8) is 0 Å². The predicted octanol–water partition coefficient (Wildman–Crippen LogP) is 2.33. The molecule has 20 heavy (non-hydrogen) atoms. The molecule has 2 aromatic rings. The minimum absolute atomic E-state index is 0.258. The standard InChI is InChI=1S/C15H22N4O/c1-18(2)15(7-4-8-15)10-19(3)14-17-12-9-11(16)5-6-13(12)20-14/h5-6,9H,4,7-8,10,16H2,1-3H3. The van der Waals surface area contributed by atoms with Gasteiger partial charge in [0.2, 0.25) is 0 Å². The smallest absolute Gasteiger partial charge is 0.298 e. The number of rotatable bonds is 4. The first kappa shape index (κ1) is 13.2. The summed E-state index contributed by atoms with van der Waals surface area (Å²) in [6.07, 6.45) is 3.77. The molecule has 5 nitrogen and oxygen atoms in total. The lowest BCUT2D eigenvalue weighted by molar-refractivity contribution is 0.0674. The first-order valence-corrected chi connectivity index (χ1v) is 7.05. The van der Waals surface area contributed by atoms with E-state index in [1.54, 1.807) is 0 Å². The van der Waals surface area contributed by atoms with Gasteiger partial charge >= 0.3 is 0 Å². The summed E-state index contributed by atoms with van der Waals surface area (Å²) < 4.78 is 5.82. The third kappa shape index (κ3) is 2.12. The predicted molar refractivity (Wildman–Crippen MR) is 82.0 cm³/mol. The van der Waals surface area contributed by atoms with Gasteiger partial charge in [0.1, 0.15) is 5.52 Å². The first-order valence-electron chi connectivity index (χ1n) is 7.05. The molecule has 0 bridgehead atoms. The number of likely N-dealkylation sites (N-methyl/N-ethyl adjacent to an activating group) is 2. The van der Waals surface area contributed by atoms with Gasteiger partial charge in [0.25, 0.3) is 6.01 Å². The first-order chi connectivity index (χ1) is 9.50. The van der Waals surface area contributed by atoms with E-state index in [9.17, 15) is 0 Å². The van der Waals surface area contributed by atoms with E-state index in [2.05, 4.69) is 28.9 Å². The Morgan fingerprint density at radius 1 is 1.30 bits per heavy atom. The van der Waals surface area contributed by atoms with Crippen molar-refractivity contribution in [1.82, 2.24) is 9.88 Å². The SMILES string of the molecule is CN(CC1(N(C)C)CCC1)c1nc2cc(N)ccc2o1. The van der Waals surface area contributed by atoms with Crippen LogP contribution < -0.4 is 10.6 Å². The second-order valence-electron chi connectivity index (χ2n) is 6.05. The average molecular weight is 274 g/mol. The normalized spacial score (nSPS) is 17.4. The zero-order chi connectivity index (χ0) is 14.3. The van der Waals surface area contributed by atoms with Gasteiger partial charge in [0.15, 0.2) is 5.58 Å². The summed E-state index contributed by atoms with van der Waals surface area (Å²) in [6, 6.07) is 6.23. The molecule has 1 aromatic carbocycles. The van der Waals surface area contributed by atoms with Crippen LogP contribution in [0, 0.1) is 0 Å². The number of nitrogens with zero attached hydrogens (tertiary/aromatic N) is 3. The number of aromatic nitrogens is 1. The minimum Gasteiger partial charge on any atom is -0.423 e. The summed E-state index contributed by atoms with van der Waals surface area (Å²) in [5.41, 5.74) is 8.35. The highest BCUT2D eigenvalue weighted by Gasteiger charge is 2.40. The van der Waals surface area contributed by atoms with Gasteiger partial charge in [-0.05, 0) is 51.6 Å². The van der Waals surface area contributed by atoms with Crippen LogP contribution in [0.15, 0.2) is 22.6 Å². The van der Waals surface area contributed by atoms with Crippen LogP contribution in [-0.2, 0) is 0 Å². The van der Waals surface area contributed by atoms with E-state index in [-0.39, 0.29) is 5.54 Å². The zero-order valence-corrected chi connectivity index (χ0v) is 12.4. The highest BCUT2D eigenvalue weighted by molar-refractivity contribution is 5.78. The summed E-state index contributed by atoms with van der Waals surface area (Å²) in [4.78, 5) is 8.97. The molecule has 0 unspecified atom stereocenters. The van der Waals surface area contributed by atoms with Crippen molar-refractivity contribution < 1.29 is 4.42 Å². The monoisotopic (exact) mass is 274 g/mol. The maximum atomic E-state index is 5.82. The summed E-state index contributed by atoms with van der Waals surface area (Å²) in [7, 11) is 6.34. The molecule has 0 amide bonds. The maximum absolute atomic E-state index is 5.82. The molecule has 0 atom stereocenters. The van der Waals surface area contributed by atoms with Crippen molar-refractivity contribution >= 4 is 22.8 Å². The molecule has 0 saturated heterocycles. The summed E-state index contributed by atoms with van der Waals surface area (Å²) in [6.45, 7) is 0.933. The molecule has 1 fully saturated rings. The van der Waals surface area contributed by atoms with Crippen LogP contribution in [-0.4, -0.2) is 43.1 Å². The lowest BCUT2D eigenvalue weighted by Crippen LogP contribution is -2.56. The van der Waals surface area contributed by atoms with Gasteiger partial charge in [-0.2, -0.15) is 4.98 Å². The Balaban J connectivity index is 1.83. The Kier molecular flexibility index (Phi) is 3.09. The molecular weight excluding hydrogens is 252 g/mol. The molecular formula is C15H22N4O. The molecule has 5 heteroatoms. The van der Waals surface area contributed by atoms with E-state index in [1.165, 1.54) is 19.3 Å². The zero-order valence-electron chi connectivity index (χ0n) is 12.4. The van der Waals surface area contributed by atoms with Gasteiger partial charge < -0.3 is 20.0 Å². The number of oxazole rings is 1. The number of nitrogen functional groups attached to an aromatic ring is 1. The lowest BCUT2D eigenvalue weighted by atomic mass is 9.75. The third-order valence-electron chi connectivity index (χ3n) is 4.49. The van der Waals surface area contributed by atoms with Crippen LogP contribution >= 0.6 is 0 Å². The molecule has 0 radical (unpaired) electrons. The number of benzene rings is 1. The highest BCUT2D eigenvalue weighted by atomic mass is 16.4. The molecule has 1 saturated carbocycles. The van der Waals surface area contributed by atoms with Gasteiger partial charge in [-0.25, -0.2) is 0 Å². The number of hydrogen-bond donors (Lipinski definition) is 1. The fourth-order valence-electron chi connectivity index (χ4n) is 2.94. The number of nitrogens with two attached hydrogens (primary N) is 1. The van der Waals surface area contributed by atoms with Crippen molar-refractivity contribution in [2.45, 2.75) is 24.8 Å². The molecule has 1 aliphatic carbocycles. The minimum atomic E-state index is 0.258. The molecule has 108 valence electrons. The largest absolute Gasteiger partial charge is 0.423 e. The van der Waals surface area contributed by atoms with Gasteiger partial charge in [-0.15, -0.1) is 0 Å². The van der Waals surface area contributed by atoms with Crippen LogP contribution in [0.4, 0.5) is 11.7 Å². The summed E-state index contributed by atoms with van der Waals surface area (Å²) in [5, 5.41) is 0. The van der Waals surface area contributed by atoms with E-state index >= 15 is 0 Å². The van der Waals surface area contributed by atoms with E-state index in [0.717, 1.165) is 17.6 Å². The van der Waals surface area contributed by atoms with E-state index in [1.807, 2.05) is 25.2 Å². The quantitative estimate of drug-likeness (QED) is 0.867. The lowest BCUT2D eigenvalue weighted by Gasteiger charge is -2.48. The fraction of sp³-hybridized carbons (Fsp3) is 0.533. The van der Waals surface area contributed by atoms with Crippen LogP contribution in [0.25, 0.3) is 11.1 Å². The Labute approximate surface area is 119 Å². The molecule has 1 aliphatic rings. The molecule has 3 rings (SSSR count). The third-order valence-corrected chi connectivity index (χ3v) is 4.49. The van der Waals surface area contributed by atoms with E-state index in [4.69, 9.17) is 10.2 Å². The van der Waals surface area contributed by atoms with Crippen LogP contribution in [0.2, 0.25) is 0 Å². The average Bonchev–Trinajstić information content (AvgIpc) is 2.75. The van der Waals surface area contributed by atoms with Crippen molar-refractivity contribution in [2.75, 3.05) is 38.3 Å². The van der Waals surface area contributed by atoms with Crippen LogP contribution in [0.3, 0.4) is 0 Å². The summed E-state index contributed by atoms with van der Waals surface area (Å²) >= 11 is 0. The Morgan fingerprint density at radius 3 is 2.65 bits per heavy atom. The second kappa shape index (κ2) is 4.66. The molecule has 1 aromatic heterocycles. The summed E-state index contributed by atoms with van der Waals surface area (Å²) in [5.74, 6) is 0. The number of hydrogen-bond acceptors (Lipinski definition) is 5. The molecule has 0 aliphatic heterocycles. The fourth-order valence-corrected chi connectivity index (χ4v) is 2.94. The van der Waals surface area contributed by atoms with Gasteiger partial charge in [0.05, 0.1) is 0 Å². The van der Waals surface area contributed by atoms with Gasteiger partial charge in [-0.3, -0.25) is 0 Å². The maximum Gasteiger partial charge on any atom is 0.298 e.